The zero-order valence-electron chi connectivity index (χ0n) is 10.2. The molecule has 0 saturated carbocycles. The number of thiazole rings is 1. The van der Waals surface area contributed by atoms with E-state index in [1.54, 1.807) is 0 Å². The summed E-state index contributed by atoms with van der Waals surface area (Å²) in [6, 6.07) is 6.20. The van der Waals surface area contributed by atoms with Crippen molar-refractivity contribution in [3.8, 4) is 0 Å². The number of amides is 1. The largest absolute Gasteiger partial charge is 0.302 e. The van der Waals surface area contributed by atoms with Gasteiger partial charge in [-0.15, -0.1) is 11.6 Å². The lowest BCUT2D eigenvalue weighted by Crippen LogP contribution is -2.10. The summed E-state index contributed by atoms with van der Waals surface area (Å²) in [5.74, 6) is 0.484. The number of halogens is 1. The first-order valence-corrected chi connectivity index (χ1v) is 7.33. The van der Waals surface area contributed by atoms with Crippen LogP contribution in [0.5, 0.6) is 0 Å². The topological polar surface area (TPSA) is 42.0 Å². The number of benzene rings is 1. The zero-order chi connectivity index (χ0) is 13.0. The first-order chi connectivity index (χ1) is 8.72. The second kappa shape index (κ2) is 6.16. The summed E-state index contributed by atoms with van der Waals surface area (Å²) in [5.41, 5.74) is 2.22. The SMILES string of the molecule is CCc1ccc2nc(NC(=O)CCCCl)sc2c1. The average Bonchev–Trinajstić information content (AvgIpc) is 2.77. The van der Waals surface area contributed by atoms with Gasteiger partial charge in [0.2, 0.25) is 5.91 Å². The molecule has 96 valence electrons. The molecule has 0 saturated heterocycles. The van der Waals surface area contributed by atoms with Gasteiger partial charge in [-0.3, -0.25) is 4.79 Å². The van der Waals surface area contributed by atoms with Crippen LogP contribution in [0.15, 0.2) is 18.2 Å². The highest BCUT2D eigenvalue weighted by atomic mass is 35.5. The van der Waals surface area contributed by atoms with E-state index in [1.165, 1.54) is 16.9 Å². The number of nitrogens with one attached hydrogen (secondary N) is 1. The van der Waals surface area contributed by atoms with Crippen LogP contribution in [0.1, 0.15) is 25.3 Å². The molecule has 1 heterocycles. The normalized spacial score (nSPS) is 10.8. The number of anilines is 1. The number of aryl methyl sites for hydroxylation is 1. The highest BCUT2D eigenvalue weighted by Gasteiger charge is 2.07. The lowest BCUT2D eigenvalue weighted by Gasteiger charge is -1.98. The molecule has 0 unspecified atom stereocenters. The van der Waals surface area contributed by atoms with Crippen molar-refractivity contribution in [2.45, 2.75) is 26.2 Å². The van der Waals surface area contributed by atoms with Crippen molar-refractivity contribution in [2.24, 2.45) is 0 Å². The van der Waals surface area contributed by atoms with Crippen LogP contribution in [0, 0.1) is 0 Å². The van der Waals surface area contributed by atoms with Crippen LogP contribution in [0.3, 0.4) is 0 Å². The molecular weight excluding hydrogens is 268 g/mol. The van der Waals surface area contributed by atoms with E-state index in [1.807, 2.05) is 6.07 Å². The van der Waals surface area contributed by atoms with Crippen molar-refractivity contribution in [1.29, 1.82) is 0 Å². The van der Waals surface area contributed by atoms with Crippen LogP contribution in [0.2, 0.25) is 0 Å². The van der Waals surface area contributed by atoms with Crippen molar-refractivity contribution in [3.63, 3.8) is 0 Å². The van der Waals surface area contributed by atoms with Gasteiger partial charge in [-0.2, -0.15) is 0 Å². The minimum absolute atomic E-state index is 0.0228. The lowest BCUT2D eigenvalue weighted by molar-refractivity contribution is -0.116. The highest BCUT2D eigenvalue weighted by molar-refractivity contribution is 7.22. The molecule has 1 N–H and O–H groups in total. The molecule has 0 aliphatic carbocycles. The Morgan fingerprint density at radius 1 is 1.50 bits per heavy atom. The van der Waals surface area contributed by atoms with Crippen molar-refractivity contribution < 1.29 is 4.79 Å². The molecule has 0 aliphatic rings. The van der Waals surface area contributed by atoms with E-state index in [2.05, 4.69) is 29.4 Å². The Balaban J connectivity index is 2.12. The molecule has 0 bridgehead atoms. The number of nitrogens with zero attached hydrogens (tertiary/aromatic N) is 1. The molecule has 0 aliphatic heterocycles. The van der Waals surface area contributed by atoms with Gasteiger partial charge in [-0.1, -0.05) is 24.3 Å². The summed E-state index contributed by atoms with van der Waals surface area (Å²) in [6.07, 6.45) is 2.14. The molecule has 2 rings (SSSR count). The Kier molecular flexibility index (Phi) is 4.55. The molecule has 0 spiro atoms. The first kappa shape index (κ1) is 13.3. The van der Waals surface area contributed by atoms with E-state index in [0.29, 0.717) is 23.9 Å². The number of carbonyl (C=O) groups is 1. The summed E-state index contributed by atoms with van der Waals surface area (Å²) in [7, 11) is 0. The molecule has 1 aromatic heterocycles. The monoisotopic (exact) mass is 282 g/mol. The third-order valence-corrected chi connectivity index (χ3v) is 3.85. The molecule has 2 aromatic rings. The molecule has 1 aromatic carbocycles. The van der Waals surface area contributed by atoms with Gasteiger partial charge in [0.15, 0.2) is 5.13 Å². The molecule has 5 heteroatoms. The maximum atomic E-state index is 11.6. The number of aromatic nitrogens is 1. The van der Waals surface area contributed by atoms with Gasteiger partial charge in [0.25, 0.3) is 0 Å². The number of hydrogen-bond acceptors (Lipinski definition) is 3. The van der Waals surface area contributed by atoms with E-state index < -0.39 is 0 Å². The predicted molar refractivity (Wildman–Crippen MR) is 77.6 cm³/mol. The fraction of sp³-hybridized carbons (Fsp3) is 0.385. The van der Waals surface area contributed by atoms with E-state index in [4.69, 9.17) is 11.6 Å². The number of fused-ring (bicyclic) bond motifs is 1. The van der Waals surface area contributed by atoms with Crippen molar-refractivity contribution in [3.05, 3.63) is 23.8 Å². The molecular formula is C13H15ClN2OS. The van der Waals surface area contributed by atoms with Gasteiger partial charge >= 0.3 is 0 Å². The van der Waals surface area contributed by atoms with Gasteiger partial charge in [-0.25, -0.2) is 4.98 Å². The molecule has 0 atom stereocenters. The van der Waals surface area contributed by atoms with Crippen LogP contribution in [-0.2, 0) is 11.2 Å². The standard InChI is InChI=1S/C13H15ClN2OS/c1-2-9-5-6-10-11(8-9)18-13(15-10)16-12(17)4-3-7-14/h5-6,8H,2-4,7H2,1H3,(H,15,16,17). The maximum Gasteiger partial charge on any atom is 0.226 e. The summed E-state index contributed by atoms with van der Waals surface area (Å²) in [6.45, 7) is 2.12. The summed E-state index contributed by atoms with van der Waals surface area (Å²) in [4.78, 5) is 16.0. The Bertz CT molecular complexity index is 553. The molecule has 0 fully saturated rings. The van der Waals surface area contributed by atoms with Crippen molar-refractivity contribution >= 4 is 44.2 Å². The predicted octanol–water partition coefficient (Wildman–Crippen LogP) is 3.82. The quantitative estimate of drug-likeness (QED) is 0.847. The molecule has 1 amide bonds. The number of carbonyl (C=O) groups excluding carboxylic acids is 1. The third kappa shape index (κ3) is 3.21. The van der Waals surface area contributed by atoms with Crippen LogP contribution in [-0.4, -0.2) is 16.8 Å². The minimum Gasteiger partial charge on any atom is -0.302 e. The summed E-state index contributed by atoms with van der Waals surface area (Å²) in [5, 5.41) is 3.48. The third-order valence-electron chi connectivity index (χ3n) is 2.64. The Hall–Kier alpha value is -1.13. The zero-order valence-corrected chi connectivity index (χ0v) is 11.8. The molecule has 3 nitrogen and oxygen atoms in total. The maximum absolute atomic E-state index is 11.6. The number of alkyl halides is 1. The van der Waals surface area contributed by atoms with Gasteiger partial charge in [0.05, 0.1) is 10.2 Å². The van der Waals surface area contributed by atoms with E-state index in [-0.39, 0.29) is 5.91 Å². The second-order valence-corrected chi connectivity index (χ2v) is 5.42. The Morgan fingerprint density at radius 2 is 2.33 bits per heavy atom. The fourth-order valence-corrected chi connectivity index (χ4v) is 2.73. The highest BCUT2D eigenvalue weighted by Crippen LogP contribution is 2.27. The first-order valence-electron chi connectivity index (χ1n) is 5.98. The van der Waals surface area contributed by atoms with Crippen LogP contribution >= 0.6 is 22.9 Å². The van der Waals surface area contributed by atoms with Gasteiger partial charge in [0, 0.05) is 12.3 Å². The van der Waals surface area contributed by atoms with E-state index in [9.17, 15) is 4.79 Å². The minimum atomic E-state index is -0.0228. The Labute approximate surface area is 115 Å². The van der Waals surface area contributed by atoms with Crippen LogP contribution in [0.4, 0.5) is 5.13 Å². The van der Waals surface area contributed by atoms with Crippen LogP contribution < -0.4 is 5.32 Å². The fourth-order valence-electron chi connectivity index (χ4n) is 1.65. The second-order valence-electron chi connectivity index (χ2n) is 4.02. The van der Waals surface area contributed by atoms with Gasteiger partial charge < -0.3 is 5.32 Å². The average molecular weight is 283 g/mol. The summed E-state index contributed by atoms with van der Waals surface area (Å²) < 4.78 is 1.11. The molecule has 18 heavy (non-hydrogen) atoms. The van der Waals surface area contributed by atoms with E-state index in [0.717, 1.165) is 16.6 Å². The van der Waals surface area contributed by atoms with Crippen LogP contribution in [0.25, 0.3) is 10.2 Å². The number of hydrogen-bond donors (Lipinski definition) is 1. The summed E-state index contributed by atoms with van der Waals surface area (Å²) >= 11 is 7.07. The number of rotatable bonds is 5. The van der Waals surface area contributed by atoms with Crippen molar-refractivity contribution in [1.82, 2.24) is 4.98 Å². The lowest BCUT2D eigenvalue weighted by atomic mass is 10.2. The van der Waals surface area contributed by atoms with Crippen molar-refractivity contribution in [2.75, 3.05) is 11.2 Å². The smallest absolute Gasteiger partial charge is 0.226 e. The van der Waals surface area contributed by atoms with Gasteiger partial charge in [0.1, 0.15) is 0 Å². The molecule has 0 radical (unpaired) electrons. The van der Waals surface area contributed by atoms with Gasteiger partial charge in [-0.05, 0) is 30.5 Å². The Morgan fingerprint density at radius 3 is 3.06 bits per heavy atom. The van der Waals surface area contributed by atoms with E-state index >= 15 is 0 Å².